The van der Waals surface area contributed by atoms with Crippen molar-refractivity contribution in [3.8, 4) is 0 Å². The van der Waals surface area contributed by atoms with Crippen LogP contribution in [0, 0.1) is 0 Å². The third kappa shape index (κ3) is 8.74. The molecular weight excluding hydrogens is 299 g/mol. The Balaban J connectivity index is 0.000000385. The molecule has 0 atom stereocenters. The van der Waals surface area contributed by atoms with Crippen molar-refractivity contribution < 1.29 is 16.8 Å². The highest BCUT2D eigenvalue weighted by Crippen LogP contribution is 2.08. The number of halogens is 2. The zero-order valence-corrected chi connectivity index (χ0v) is 10.8. The largest absolute Gasteiger partial charge is 0.399 e. The molecule has 6 nitrogen and oxygen atoms in total. The molecule has 0 fully saturated rings. The number of sulfonamides is 1. The zero-order chi connectivity index (χ0) is 13.0. The Kier molecular flexibility index (Phi) is 5.50. The normalized spacial score (nSPS) is 11.4. The molecule has 0 spiro atoms. The Labute approximate surface area is 102 Å². The van der Waals surface area contributed by atoms with Gasteiger partial charge in [-0.2, -0.15) is 8.42 Å². The van der Waals surface area contributed by atoms with E-state index in [2.05, 4.69) is 21.4 Å². The Bertz CT molecular complexity index is 530. The number of hydrogen-bond acceptors (Lipinski definition) is 5. The van der Waals surface area contributed by atoms with E-state index >= 15 is 0 Å². The molecule has 0 amide bonds. The van der Waals surface area contributed by atoms with Crippen LogP contribution < -0.4 is 10.9 Å². The van der Waals surface area contributed by atoms with Gasteiger partial charge in [0.05, 0.1) is 4.90 Å². The minimum absolute atomic E-state index is 0.0756. The van der Waals surface area contributed by atoms with Crippen LogP contribution in [0.2, 0.25) is 0 Å². The first kappa shape index (κ1) is 15.5. The molecule has 0 unspecified atom stereocenters. The molecule has 10 heteroatoms. The molecule has 0 saturated heterocycles. The van der Waals surface area contributed by atoms with Gasteiger partial charge < -0.3 is 5.73 Å². The van der Waals surface area contributed by atoms with Crippen LogP contribution in [0.1, 0.15) is 0 Å². The highest BCUT2D eigenvalue weighted by molar-refractivity contribution is 8.31. The molecule has 16 heavy (non-hydrogen) atoms. The quantitative estimate of drug-likeness (QED) is 0.582. The number of nitrogens with two attached hydrogens (primary N) is 2. The third-order valence-electron chi connectivity index (χ3n) is 1.21. The molecule has 1 rings (SSSR count). The van der Waals surface area contributed by atoms with Crippen molar-refractivity contribution in [3.63, 3.8) is 0 Å². The van der Waals surface area contributed by atoms with Gasteiger partial charge in [0.15, 0.2) is 0 Å². The summed E-state index contributed by atoms with van der Waals surface area (Å²) in [6.45, 7) is 0. The second kappa shape index (κ2) is 5.69. The number of anilines is 1. The van der Waals surface area contributed by atoms with Gasteiger partial charge in [0.2, 0.25) is 10.0 Å². The lowest BCUT2D eigenvalue weighted by Gasteiger charge is -1.96. The molecule has 0 aliphatic carbocycles. The van der Waals surface area contributed by atoms with E-state index in [4.69, 9.17) is 19.3 Å². The smallest absolute Gasteiger partial charge is 0.317 e. The topological polar surface area (TPSA) is 120 Å². The summed E-state index contributed by atoms with van der Waals surface area (Å²) in [4.78, 5) is 0.0756. The van der Waals surface area contributed by atoms with Crippen LogP contribution in [0.5, 0.6) is 0 Å². The predicted molar refractivity (Wildman–Crippen MR) is 62.9 cm³/mol. The van der Waals surface area contributed by atoms with E-state index in [1.165, 1.54) is 24.3 Å². The maximum atomic E-state index is 10.7. The van der Waals surface area contributed by atoms with Crippen molar-refractivity contribution in [3.05, 3.63) is 24.3 Å². The fraction of sp³-hybridized carbons (Fsp3) is 0. The number of nitrogen functional groups attached to an aromatic ring is 1. The van der Waals surface area contributed by atoms with Crippen molar-refractivity contribution in [2.75, 3.05) is 5.73 Å². The average Bonchev–Trinajstić information content (AvgIpc) is 1.99. The highest BCUT2D eigenvalue weighted by atomic mass is 36.0. The molecule has 0 saturated carbocycles. The van der Waals surface area contributed by atoms with Gasteiger partial charge in [-0.25, -0.2) is 13.6 Å². The standard InChI is InChI=1S/C6H8N2O2S.Cl2O2S/c7-5-1-3-6(4-2-5)11(8,9)10;1-5(2,3)4/h1-4H,7H2,(H2,8,9,10);. The fourth-order valence-electron chi connectivity index (χ4n) is 0.658. The van der Waals surface area contributed by atoms with E-state index in [0.717, 1.165) is 0 Å². The Morgan fingerprint density at radius 1 is 0.938 bits per heavy atom. The summed E-state index contributed by atoms with van der Waals surface area (Å²) in [7, 11) is 1.24. The van der Waals surface area contributed by atoms with Crippen molar-refractivity contribution in [2.45, 2.75) is 4.90 Å². The summed E-state index contributed by atoms with van der Waals surface area (Å²) in [5.74, 6) is 0. The number of hydrogen-bond donors (Lipinski definition) is 2. The van der Waals surface area contributed by atoms with Gasteiger partial charge in [-0.1, -0.05) is 0 Å². The second-order valence-corrected chi connectivity index (χ2v) is 7.72. The van der Waals surface area contributed by atoms with Crippen LogP contribution in [-0.4, -0.2) is 16.8 Å². The van der Waals surface area contributed by atoms with Gasteiger partial charge in [0.1, 0.15) is 0 Å². The third-order valence-corrected chi connectivity index (χ3v) is 2.14. The molecule has 1 aromatic rings. The number of benzene rings is 1. The van der Waals surface area contributed by atoms with Crippen molar-refractivity contribution in [1.29, 1.82) is 0 Å². The van der Waals surface area contributed by atoms with Gasteiger partial charge in [0.25, 0.3) is 0 Å². The number of rotatable bonds is 1. The van der Waals surface area contributed by atoms with E-state index in [9.17, 15) is 8.42 Å². The van der Waals surface area contributed by atoms with Crippen LogP contribution in [0.25, 0.3) is 0 Å². The molecule has 0 aliphatic rings. The van der Waals surface area contributed by atoms with Crippen molar-refractivity contribution in [1.82, 2.24) is 0 Å². The maximum Gasteiger partial charge on any atom is 0.317 e. The fourth-order valence-corrected chi connectivity index (χ4v) is 1.17. The number of primary sulfonamides is 1. The second-order valence-electron chi connectivity index (χ2n) is 2.49. The Morgan fingerprint density at radius 2 is 1.25 bits per heavy atom. The van der Waals surface area contributed by atoms with E-state index in [-0.39, 0.29) is 4.90 Å². The maximum absolute atomic E-state index is 10.7. The molecule has 1 aromatic carbocycles. The molecule has 0 heterocycles. The first-order chi connectivity index (χ1) is 7.00. The summed E-state index contributed by atoms with van der Waals surface area (Å²) < 4.78 is 39.7. The Hall–Kier alpha value is -0.540. The van der Waals surface area contributed by atoms with E-state index in [1.54, 1.807) is 0 Å². The summed E-state index contributed by atoms with van der Waals surface area (Å²) in [6.07, 6.45) is 0. The Morgan fingerprint density at radius 3 is 1.50 bits per heavy atom. The summed E-state index contributed by atoms with van der Waals surface area (Å²) in [5.41, 5.74) is 5.85. The van der Waals surface area contributed by atoms with Gasteiger partial charge in [-0.15, -0.1) is 0 Å². The van der Waals surface area contributed by atoms with E-state index < -0.39 is 18.3 Å². The average molecular weight is 307 g/mol. The van der Waals surface area contributed by atoms with Crippen LogP contribution in [0.15, 0.2) is 29.2 Å². The summed E-state index contributed by atoms with van der Waals surface area (Å²) in [5, 5.41) is 4.84. The van der Waals surface area contributed by atoms with Gasteiger partial charge in [0, 0.05) is 27.1 Å². The molecule has 4 N–H and O–H groups in total. The van der Waals surface area contributed by atoms with Crippen molar-refractivity contribution in [2.24, 2.45) is 5.14 Å². The minimum atomic E-state index is -3.72. The molecule has 0 aliphatic heterocycles. The van der Waals surface area contributed by atoms with Gasteiger partial charge >= 0.3 is 8.26 Å². The molecule has 0 aromatic heterocycles. The van der Waals surface area contributed by atoms with E-state index in [0.29, 0.717) is 5.69 Å². The molecule has 92 valence electrons. The van der Waals surface area contributed by atoms with Crippen molar-refractivity contribution >= 4 is 45.3 Å². The first-order valence-electron chi connectivity index (χ1n) is 3.53. The highest BCUT2D eigenvalue weighted by Gasteiger charge is 2.04. The lowest BCUT2D eigenvalue weighted by Crippen LogP contribution is -2.11. The SMILES string of the molecule is Nc1ccc(S(N)(=O)=O)cc1.O=S(=O)(Cl)Cl. The first-order valence-corrected chi connectivity index (χ1v) is 8.21. The zero-order valence-electron chi connectivity index (χ0n) is 7.67. The van der Waals surface area contributed by atoms with Gasteiger partial charge in [-0.3, -0.25) is 0 Å². The summed E-state index contributed by atoms with van der Waals surface area (Å²) in [6, 6.07) is 5.70. The lowest BCUT2D eigenvalue weighted by molar-refractivity contribution is 0.597. The molecular formula is C6H8Cl2N2O4S2. The molecule has 0 bridgehead atoms. The lowest BCUT2D eigenvalue weighted by atomic mass is 10.3. The minimum Gasteiger partial charge on any atom is -0.399 e. The van der Waals surface area contributed by atoms with Crippen LogP contribution in [-0.2, 0) is 18.3 Å². The van der Waals surface area contributed by atoms with Crippen LogP contribution in [0.3, 0.4) is 0 Å². The van der Waals surface area contributed by atoms with Crippen LogP contribution in [0.4, 0.5) is 5.69 Å². The molecule has 0 radical (unpaired) electrons. The summed E-state index contributed by atoms with van der Waals surface area (Å²) >= 11 is 0. The predicted octanol–water partition coefficient (Wildman–Crippen LogP) is 0.625. The van der Waals surface area contributed by atoms with E-state index in [1.807, 2.05) is 0 Å². The van der Waals surface area contributed by atoms with Gasteiger partial charge in [-0.05, 0) is 24.3 Å². The monoisotopic (exact) mass is 306 g/mol. The van der Waals surface area contributed by atoms with Crippen LogP contribution >= 0.6 is 21.4 Å².